The second-order valence-electron chi connectivity index (χ2n) is 6.76. The molecule has 0 bridgehead atoms. The molecular formula is C22H16F3N3O4. The van der Waals surface area contributed by atoms with Crippen molar-refractivity contribution >= 4 is 17.0 Å². The van der Waals surface area contributed by atoms with E-state index in [9.17, 15) is 13.2 Å². The number of carboxylic acids is 1. The Hall–Kier alpha value is -4.08. The fourth-order valence-electron chi connectivity index (χ4n) is 3.06. The van der Waals surface area contributed by atoms with Gasteiger partial charge in [-0.15, -0.1) is 0 Å². The van der Waals surface area contributed by atoms with Gasteiger partial charge < -0.3 is 19.6 Å². The summed E-state index contributed by atoms with van der Waals surface area (Å²) < 4.78 is 43.6. The number of H-pyrrole nitrogens is 1. The Morgan fingerprint density at radius 3 is 2.41 bits per heavy atom. The number of imidazole rings is 1. The molecule has 0 aliphatic carbocycles. The van der Waals surface area contributed by atoms with Crippen molar-refractivity contribution in [2.45, 2.75) is 12.3 Å². The summed E-state index contributed by atoms with van der Waals surface area (Å²) >= 11 is 0. The minimum absolute atomic E-state index is 0.244. The fourth-order valence-corrected chi connectivity index (χ4v) is 3.06. The van der Waals surface area contributed by atoms with Gasteiger partial charge >= 0.3 is 12.1 Å². The quantitative estimate of drug-likeness (QED) is 0.463. The fraction of sp³-hybridized carbons (Fsp3) is 0.136. The lowest BCUT2D eigenvalue weighted by Gasteiger charge is -2.24. The molecule has 164 valence electrons. The third-order valence-corrected chi connectivity index (χ3v) is 4.57. The number of halogens is 3. The highest BCUT2D eigenvalue weighted by Crippen LogP contribution is 2.35. The van der Waals surface area contributed by atoms with E-state index >= 15 is 0 Å². The summed E-state index contributed by atoms with van der Waals surface area (Å²) in [6.45, 7) is 0.439. The van der Waals surface area contributed by atoms with Crippen LogP contribution in [0.3, 0.4) is 0 Å². The number of alkyl halides is 3. The summed E-state index contributed by atoms with van der Waals surface area (Å²) in [6, 6.07) is 17.9. The van der Waals surface area contributed by atoms with E-state index in [1.165, 1.54) is 0 Å². The van der Waals surface area contributed by atoms with Crippen LogP contribution < -0.4 is 9.47 Å². The van der Waals surface area contributed by atoms with Crippen LogP contribution in [0, 0.1) is 0 Å². The Labute approximate surface area is 179 Å². The highest BCUT2D eigenvalue weighted by Gasteiger charge is 2.38. The molecule has 1 aliphatic heterocycles. The van der Waals surface area contributed by atoms with Crippen LogP contribution in [0.1, 0.15) is 11.9 Å². The number of aromatic nitrogens is 3. The zero-order valence-electron chi connectivity index (χ0n) is 16.3. The van der Waals surface area contributed by atoms with Gasteiger partial charge in [-0.25, -0.2) is 9.78 Å². The van der Waals surface area contributed by atoms with Crippen LogP contribution in [-0.4, -0.2) is 38.8 Å². The molecule has 32 heavy (non-hydrogen) atoms. The highest BCUT2D eigenvalue weighted by atomic mass is 19.4. The van der Waals surface area contributed by atoms with Crippen molar-refractivity contribution in [3.63, 3.8) is 0 Å². The maximum absolute atomic E-state index is 10.6. The minimum atomic E-state index is -5.08. The molecule has 0 unspecified atom stereocenters. The average molecular weight is 443 g/mol. The molecule has 10 heteroatoms. The second-order valence-corrected chi connectivity index (χ2v) is 6.76. The monoisotopic (exact) mass is 443 g/mol. The number of hydrogen-bond acceptors (Lipinski definition) is 5. The Bertz CT molecular complexity index is 1240. The highest BCUT2D eigenvalue weighted by molar-refractivity contribution is 5.82. The Balaban J connectivity index is 0.000000307. The third-order valence-electron chi connectivity index (χ3n) is 4.57. The Morgan fingerprint density at radius 2 is 1.72 bits per heavy atom. The van der Waals surface area contributed by atoms with Crippen molar-refractivity contribution in [3.8, 4) is 22.6 Å². The number of para-hydroxylation sites is 2. The number of fused-ring (bicyclic) bond motifs is 2. The van der Waals surface area contributed by atoms with Crippen LogP contribution in [0.5, 0.6) is 11.5 Å². The van der Waals surface area contributed by atoms with Crippen molar-refractivity contribution in [2.24, 2.45) is 0 Å². The van der Waals surface area contributed by atoms with E-state index in [1.54, 1.807) is 12.4 Å². The molecule has 0 fully saturated rings. The van der Waals surface area contributed by atoms with Gasteiger partial charge in [0.05, 0.1) is 11.0 Å². The van der Waals surface area contributed by atoms with Crippen molar-refractivity contribution in [1.82, 2.24) is 15.0 Å². The smallest absolute Gasteiger partial charge is 0.485 e. The molecule has 0 saturated carbocycles. The molecule has 2 aromatic carbocycles. The second kappa shape index (κ2) is 8.58. The predicted octanol–water partition coefficient (Wildman–Crippen LogP) is 4.77. The first-order valence-corrected chi connectivity index (χ1v) is 9.40. The van der Waals surface area contributed by atoms with Gasteiger partial charge in [-0.05, 0) is 47.5 Å². The first-order valence-electron chi connectivity index (χ1n) is 9.40. The standard InChI is InChI=1S/C20H15N3O2.C2HF3O2/c1-2-4-18-17(3-1)24-12-19(25-18)20-22-15-6-5-14(11-16(15)23-20)13-7-9-21-10-8-13;3-2(4,5)1(6)7/h1-11,19H,12H2,(H,22,23);(H,6,7)/t19-;/m1./s1. The van der Waals surface area contributed by atoms with Gasteiger partial charge in [0.15, 0.2) is 23.4 Å². The first-order chi connectivity index (χ1) is 15.3. The van der Waals surface area contributed by atoms with Crippen LogP contribution in [0.4, 0.5) is 13.2 Å². The SMILES string of the molecule is O=C(O)C(F)(F)F.c1ccc2c(c1)OC[C@H](c1nc3ccc(-c4ccncc4)cc3[nH]1)O2. The zero-order valence-corrected chi connectivity index (χ0v) is 16.3. The zero-order chi connectivity index (χ0) is 22.7. The van der Waals surface area contributed by atoms with Crippen molar-refractivity contribution in [1.29, 1.82) is 0 Å². The van der Waals surface area contributed by atoms with E-state index in [-0.39, 0.29) is 6.10 Å². The molecule has 2 N–H and O–H groups in total. The number of benzene rings is 2. The van der Waals surface area contributed by atoms with Crippen LogP contribution in [-0.2, 0) is 4.79 Å². The summed E-state index contributed by atoms with van der Waals surface area (Å²) in [4.78, 5) is 21.0. The van der Waals surface area contributed by atoms with Gasteiger partial charge in [0, 0.05) is 12.4 Å². The number of rotatable bonds is 2. The first kappa shape index (κ1) is 21.2. The molecular weight excluding hydrogens is 427 g/mol. The molecule has 0 saturated heterocycles. The van der Waals surface area contributed by atoms with E-state index in [0.717, 1.165) is 39.5 Å². The summed E-state index contributed by atoms with van der Waals surface area (Å²) in [6.07, 6.45) is -1.74. The predicted molar refractivity (Wildman–Crippen MR) is 108 cm³/mol. The number of aliphatic carboxylic acids is 1. The number of aromatic amines is 1. The summed E-state index contributed by atoms with van der Waals surface area (Å²) in [5.74, 6) is -0.463. The maximum Gasteiger partial charge on any atom is 0.490 e. The van der Waals surface area contributed by atoms with Crippen molar-refractivity contribution < 1.29 is 32.5 Å². The molecule has 5 rings (SSSR count). The average Bonchev–Trinajstić information content (AvgIpc) is 3.22. The number of carboxylic acid groups (broad SMARTS) is 1. The van der Waals surface area contributed by atoms with E-state index < -0.39 is 12.1 Å². The van der Waals surface area contributed by atoms with Gasteiger partial charge in [0.1, 0.15) is 6.61 Å². The number of ether oxygens (including phenoxy) is 2. The molecule has 0 spiro atoms. The van der Waals surface area contributed by atoms with E-state index in [1.807, 2.05) is 42.5 Å². The van der Waals surface area contributed by atoms with Crippen LogP contribution in [0.2, 0.25) is 0 Å². The van der Waals surface area contributed by atoms with Gasteiger partial charge in [-0.1, -0.05) is 18.2 Å². The minimum Gasteiger partial charge on any atom is -0.485 e. The topological polar surface area (TPSA) is 97.3 Å². The number of nitrogens with one attached hydrogen (secondary N) is 1. The molecule has 1 atom stereocenters. The van der Waals surface area contributed by atoms with E-state index in [4.69, 9.17) is 19.4 Å². The van der Waals surface area contributed by atoms with Crippen molar-refractivity contribution in [3.05, 3.63) is 72.8 Å². The Morgan fingerprint density at radius 1 is 1.03 bits per heavy atom. The molecule has 4 aromatic rings. The maximum atomic E-state index is 10.6. The van der Waals surface area contributed by atoms with Crippen LogP contribution >= 0.6 is 0 Å². The molecule has 1 aliphatic rings. The molecule has 0 radical (unpaired) electrons. The van der Waals surface area contributed by atoms with Crippen LogP contribution in [0.25, 0.3) is 22.2 Å². The largest absolute Gasteiger partial charge is 0.490 e. The van der Waals surface area contributed by atoms with Gasteiger partial charge in [0.2, 0.25) is 0 Å². The lowest BCUT2D eigenvalue weighted by molar-refractivity contribution is -0.192. The van der Waals surface area contributed by atoms with Crippen LogP contribution in [0.15, 0.2) is 67.0 Å². The molecule has 3 heterocycles. The lowest BCUT2D eigenvalue weighted by atomic mass is 10.1. The van der Waals surface area contributed by atoms with E-state index in [2.05, 4.69) is 27.1 Å². The number of pyridine rings is 1. The molecule has 7 nitrogen and oxygen atoms in total. The summed E-state index contributed by atoms with van der Waals surface area (Å²) in [7, 11) is 0. The number of nitrogens with zero attached hydrogens (tertiary/aromatic N) is 2. The summed E-state index contributed by atoms with van der Waals surface area (Å²) in [5, 5.41) is 7.12. The number of hydrogen-bond donors (Lipinski definition) is 2. The van der Waals surface area contributed by atoms with Gasteiger partial charge in [0.25, 0.3) is 0 Å². The third kappa shape index (κ3) is 4.64. The lowest BCUT2D eigenvalue weighted by Crippen LogP contribution is -2.22. The van der Waals surface area contributed by atoms with Gasteiger partial charge in [-0.3, -0.25) is 4.98 Å². The molecule has 2 aromatic heterocycles. The number of carbonyl (C=O) groups is 1. The normalized spacial score (nSPS) is 15.0. The van der Waals surface area contributed by atoms with Gasteiger partial charge in [-0.2, -0.15) is 13.2 Å². The molecule has 0 amide bonds. The summed E-state index contributed by atoms with van der Waals surface area (Å²) in [5.41, 5.74) is 4.14. The van der Waals surface area contributed by atoms with Crippen molar-refractivity contribution in [2.75, 3.05) is 6.61 Å². The van der Waals surface area contributed by atoms with E-state index in [0.29, 0.717) is 6.61 Å². The Kier molecular flexibility index (Phi) is 5.67.